The van der Waals surface area contributed by atoms with E-state index >= 15 is 0 Å². The van der Waals surface area contributed by atoms with Crippen LogP contribution in [0, 0.1) is 0 Å². The van der Waals surface area contributed by atoms with Gasteiger partial charge in [-0.3, -0.25) is 0 Å². The Morgan fingerprint density at radius 1 is 0.955 bits per heavy atom. The van der Waals surface area contributed by atoms with Crippen LogP contribution >= 0.6 is 0 Å². The lowest BCUT2D eigenvalue weighted by atomic mass is 10.2. The second-order valence-corrected chi connectivity index (χ2v) is 4.93. The highest BCUT2D eigenvalue weighted by Crippen LogP contribution is 2.12. The molecule has 5 nitrogen and oxygen atoms in total. The predicted octanol–water partition coefficient (Wildman–Crippen LogP) is 2.07. The molecule has 0 atom stereocenters. The Morgan fingerprint density at radius 2 is 1.50 bits per heavy atom. The lowest BCUT2D eigenvalue weighted by Crippen LogP contribution is -2.46. The van der Waals surface area contributed by atoms with Crippen molar-refractivity contribution >= 4 is 11.7 Å². The normalized spacial score (nSPS) is 10.5. The van der Waals surface area contributed by atoms with Crippen molar-refractivity contribution in [2.24, 2.45) is 0 Å². The van der Waals surface area contributed by atoms with Crippen LogP contribution in [0.5, 0.6) is 0 Å². The Morgan fingerprint density at radius 3 is 2.05 bits per heavy atom. The van der Waals surface area contributed by atoms with E-state index in [9.17, 15) is 15.0 Å². The van der Waals surface area contributed by atoms with Gasteiger partial charge in [0.1, 0.15) is 0 Å². The molecule has 0 aromatic heterocycles. The summed E-state index contributed by atoms with van der Waals surface area (Å²) in [6.45, 7) is -0.289. The third-order valence-electron chi connectivity index (χ3n) is 3.34. The number of carbonyl (C=O) groups excluding carboxylic acids is 1. The molecule has 3 N–H and O–H groups in total. The fourth-order valence-electron chi connectivity index (χ4n) is 2.12. The van der Waals surface area contributed by atoms with Gasteiger partial charge >= 0.3 is 6.03 Å². The average Bonchev–Trinajstić information content (AvgIpc) is 2.57. The van der Waals surface area contributed by atoms with Crippen molar-refractivity contribution in [1.29, 1.82) is 0 Å². The highest BCUT2D eigenvalue weighted by molar-refractivity contribution is 5.89. The lowest BCUT2D eigenvalue weighted by molar-refractivity contribution is 0.0921. The van der Waals surface area contributed by atoms with Gasteiger partial charge in [-0.2, -0.15) is 0 Å². The Bertz CT molecular complexity index is 571. The van der Waals surface area contributed by atoms with E-state index in [2.05, 4.69) is 5.32 Å². The first kappa shape index (κ1) is 16.0. The number of nitrogens with zero attached hydrogens (tertiary/aromatic N) is 1. The maximum absolute atomic E-state index is 12.5. The summed E-state index contributed by atoms with van der Waals surface area (Å²) < 4.78 is 0. The molecule has 0 radical (unpaired) electrons. The van der Waals surface area contributed by atoms with Crippen molar-refractivity contribution in [3.05, 3.63) is 66.2 Å². The number of amides is 2. The minimum Gasteiger partial charge on any atom is -0.394 e. The molecule has 0 unspecified atom stereocenters. The van der Waals surface area contributed by atoms with Gasteiger partial charge in [-0.15, -0.1) is 0 Å². The standard InChI is InChI=1S/C17H20N2O3/c20-12-16(13-21)19(11-14-7-3-1-4-8-14)17(22)18-15-9-5-2-6-10-15/h1-10,16,20-21H,11-13H2,(H,18,22). The Hall–Kier alpha value is -2.37. The van der Waals surface area contributed by atoms with Crippen molar-refractivity contribution in [2.75, 3.05) is 18.5 Å². The molecule has 0 aliphatic heterocycles. The molecule has 5 heteroatoms. The van der Waals surface area contributed by atoms with Gasteiger partial charge in [0.25, 0.3) is 0 Å². The van der Waals surface area contributed by atoms with E-state index in [0.29, 0.717) is 12.2 Å². The van der Waals surface area contributed by atoms with Crippen molar-refractivity contribution < 1.29 is 15.0 Å². The van der Waals surface area contributed by atoms with Crippen LogP contribution in [0.25, 0.3) is 0 Å². The zero-order chi connectivity index (χ0) is 15.8. The summed E-state index contributed by atoms with van der Waals surface area (Å²) in [5.41, 5.74) is 1.60. The highest BCUT2D eigenvalue weighted by atomic mass is 16.3. The summed E-state index contributed by atoms with van der Waals surface area (Å²) in [4.78, 5) is 13.9. The number of hydrogen-bond acceptors (Lipinski definition) is 3. The van der Waals surface area contributed by atoms with Gasteiger partial charge < -0.3 is 20.4 Å². The summed E-state index contributed by atoms with van der Waals surface area (Å²) in [5, 5.41) is 21.6. The zero-order valence-corrected chi connectivity index (χ0v) is 12.2. The number of aliphatic hydroxyl groups excluding tert-OH is 2. The lowest BCUT2D eigenvalue weighted by Gasteiger charge is -2.29. The van der Waals surface area contributed by atoms with Crippen LogP contribution in [0.15, 0.2) is 60.7 Å². The third kappa shape index (κ3) is 4.31. The van der Waals surface area contributed by atoms with E-state index in [4.69, 9.17) is 0 Å². The first-order valence-electron chi connectivity index (χ1n) is 7.13. The van der Waals surface area contributed by atoms with E-state index in [1.54, 1.807) is 12.1 Å². The Balaban J connectivity index is 2.14. The van der Waals surface area contributed by atoms with Crippen LogP contribution in [0.3, 0.4) is 0 Å². The topological polar surface area (TPSA) is 72.8 Å². The molecule has 0 saturated carbocycles. The molecule has 0 saturated heterocycles. The van der Waals surface area contributed by atoms with Crippen LogP contribution in [0.4, 0.5) is 10.5 Å². The SMILES string of the molecule is O=C(Nc1ccccc1)N(Cc1ccccc1)C(CO)CO. The van der Waals surface area contributed by atoms with Crippen molar-refractivity contribution in [3.63, 3.8) is 0 Å². The fourth-order valence-corrected chi connectivity index (χ4v) is 2.12. The average molecular weight is 300 g/mol. The van der Waals surface area contributed by atoms with Crippen LogP contribution in [0.1, 0.15) is 5.56 Å². The zero-order valence-electron chi connectivity index (χ0n) is 12.2. The summed E-state index contributed by atoms with van der Waals surface area (Å²) in [6.07, 6.45) is 0. The molecule has 0 spiro atoms. The van der Waals surface area contributed by atoms with Gasteiger partial charge in [0.2, 0.25) is 0 Å². The Labute approximate surface area is 129 Å². The molecular weight excluding hydrogens is 280 g/mol. The van der Waals surface area contributed by atoms with Crippen LogP contribution in [-0.4, -0.2) is 40.4 Å². The first-order chi connectivity index (χ1) is 10.7. The van der Waals surface area contributed by atoms with Crippen LogP contribution < -0.4 is 5.32 Å². The molecule has 2 aromatic rings. The van der Waals surface area contributed by atoms with E-state index in [-0.39, 0.29) is 19.2 Å². The number of aliphatic hydroxyl groups is 2. The summed E-state index contributed by atoms with van der Waals surface area (Å²) in [6, 6.07) is 17.5. The largest absolute Gasteiger partial charge is 0.394 e. The number of rotatable bonds is 6. The minimum atomic E-state index is -0.649. The highest BCUT2D eigenvalue weighted by Gasteiger charge is 2.23. The van der Waals surface area contributed by atoms with E-state index < -0.39 is 6.04 Å². The van der Waals surface area contributed by atoms with Gasteiger partial charge in [0, 0.05) is 12.2 Å². The molecule has 22 heavy (non-hydrogen) atoms. The van der Waals surface area contributed by atoms with Crippen LogP contribution in [0.2, 0.25) is 0 Å². The van der Waals surface area contributed by atoms with Gasteiger partial charge in [0.15, 0.2) is 0 Å². The fraction of sp³-hybridized carbons (Fsp3) is 0.235. The molecule has 0 fully saturated rings. The number of benzene rings is 2. The van der Waals surface area contributed by atoms with Gasteiger partial charge in [-0.1, -0.05) is 48.5 Å². The second kappa shape index (κ2) is 8.17. The van der Waals surface area contributed by atoms with Crippen molar-refractivity contribution in [1.82, 2.24) is 4.90 Å². The minimum absolute atomic E-state index is 0.300. The molecule has 2 rings (SSSR count). The smallest absolute Gasteiger partial charge is 0.322 e. The Kier molecular flexibility index (Phi) is 5.94. The second-order valence-electron chi connectivity index (χ2n) is 4.93. The summed E-state index contributed by atoms with van der Waals surface area (Å²) in [5.74, 6) is 0. The molecule has 0 aliphatic rings. The van der Waals surface area contributed by atoms with Crippen molar-refractivity contribution in [3.8, 4) is 0 Å². The van der Waals surface area contributed by atoms with Gasteiger partial charge in [-0.05, 0) is 17.7 Å². The molecule has 0 heterocycles. The quantitative estimate of drug-likeness (QED) is 0.764. The van der Waals surface area contributed by atoms with Crippen molar-refractivity contribution in [2.45, 2.75) is 12.6 Å². The van der Waals surface area contributed by atoms with Crippen LogP contribution in [-0.2, 0) is 6.54 Å². The van der Waals surface area contributed by atoms with E-state index in [1.165, 1.54) is 4.90 Å². The third-order valence-corrected chi connectivity index (χ3v) is 3.34. The molecule has 116 valence electrons. The number of nitrogens with one attached hydrogen (secondary N) is 1. The molecule has 2 amide bonds. The summed E-state index contributed by atoms with van der Waals surface area (Å²) >= 11 is 0. The number of anilines is 1. The van der Waals surface area contributed by atoms with E-state index in [0.717, 1.165) is 5.56 Å². The number of hydrogen-bond donors (Lipinski definition) is 3. The predicted molar refractivity (Wildman–Crippen MR) is 85.4 cm³/mol. The molecule has 0 bridgehead atoms. The molecular formula is C17H20N2O3. The van der Waals surface area contributed by atoms with Gasteiger partial charge in [0.05, 0.1) is 19.3 Å². The summed E-state index contributed by atoms with van der Waals surface area (Å²) in [7, 11) is 0. The molecule has 2 aromatic carbocycles. The molecule has 0 aliphatic carbocycles. The van der Waals surface area contributed by atoms with E-state index in [1.807, 2.05) is 48.5 Å². The number of urea groups is 1. The number of carbonyl (C=O) groups is 1. The number of para-hydroxylation sites is 1. The van der Waals surface area contributed by atoms with Gasteiger partial charge in [-0.25, -0.2) is 4.79 Å². The maximum Gasteiger partial charge on any atom is 0.322 e. The first-order valence-corrected chi connectivity index (χ1v) is 7.13. The maximum atomic E-state index is 12.5. The monoisotopic (exact) mass is 300 g/mol.